The number of hydrogen-bond donors (Lipinski definition) is 2. The topological polar surface area (TPSA) is 95.7 Å². The Labute approximate surface area is 117 Å². The molecular formula is C13H17N3O3S. The van der Waals surface area contributed by atoms with Gasteiger partial charge in [-0.3, -0.25) is 9.89 Å². The van der Waals surface area contributed by atoms with Gasteiger partial charge in [0.05, 0.1) is 5.69 Å². The summed E-state index contributed by atoms with van der Waals surface area (Å²) >= 11 is 0. The lowest BCUT2D eigenvalue weighted by molar-refractivity contribution is 0.567. The van der Waals surface area contributed by atoms with E-state index in [0.29, 0.717) is 11.4 Å². The van der Waals surface area contributed by atoms with Gasteiger partial charge in [0.2, 0.25) is 5.43 Å². The van der Waals surface area contributed by atoms with E-state index in [1.54, 1.807) is 0 Å². The zero-order valence-electron chi connectivity index (χ0n) is 11.8. The van der Waals surface area contributed by atoms with Gasteiger partial charge >= 0.3 is 0 Å². The van der Waals surface area contributed by atoms with Crippen LogP contribution in [-0.4, -0.2) is 29.9 Å². The highest BCUT2D eigenvalue weighted by atomic mass is 32.2. The van der Waals surface area contributed by atoms with E-state index in [4.69, 9.17) is 0 Å². The number of nitrogens with one attached hydrogen (secondary N) is 2. The lowest BCUT2D eigenvalue weighted by Crippen LogP contribution is -2.13. The summed E-state index contributed by atoms with van der Waals surface area (Å²) in [4.78, 5) is 14.4. The third-order valence-electron chi connectivity index (χ3n) is 2.94. The Morgan fingerprint density at radius 3 is 2.30 bits per heavy atom. The molecule has 6 nitrogen and oxygen atoms in total. The summed E-state index contributed by atoms with van der Waals surface area (Å²) in [6.45, 7) is 6.12. The Morgan fingerprint density at radius 1 is 1.20 bits per heavy atom. The summed E-state index contributed by atoms with van der Waals surface area (Å²) in [5.41, 5.74) is 1.36. The average molecular weight is 295 g/mol. The predicted molar refractivity (Wildman–Crippen MR) is 76.5 cm³/mol. The fourth-order valence-corrected chi connectivity index (χ4v) is 2.44. The first-order valence-corrected chi connectivity index (χ1v) is 7.97. The zero-order valence-corrected chi connectivity index (χ0v) is 12.6. The Morgan fingerprint density at radius 2 is 1.85 bits per heavy atom. The van der Waals surface area contributed by atoms with Crippen molar-refractivity contribution < 1.29 is 8.42 Å². The quantitative estimate of drug-likeness (QED) is 0.876. The van der Waals surface area contributed by atoms with E-state index in [2.05, 4.69) is 15.2 Å². The summed E-state index contributed by atoms with van der Waals surface area (Å²) in [5, 5.41) is 7.06. The SMILES string of the molecule is CC(C)(C)c1cc(-c2cc(=O)c(S(C)(=O)=O)c[nH]2)n[nH]1. The van der Waals surface area contributed by atoms with Crippen molar-refractivity contribution in [3.05, 3.63) is 34.2 Å². The average Bonchev–Trinajstić information content (AvgIpc) is 2.75. The number of aromatic nitrogens is 3. The van der Waals surface area contributed by atoms with Gasteiger partial charge in [0.1, 0.15) is 10.6 Å². The molecule has 2 aromatic heterocycles. The van der Waals surface area contributed by atoms with E-state index in [0.717, 1.165) is 11.9 Å². The molecule has 0 unspecified atom stereocenters. The maximum Gasteiger partial charge on any atom is 0.200 e. The number of aromatic amines is 2. The minimum absolute atomic E-state index is 0.0851. The smallest absolute Gasteiger partial charge is 0.200 e. The molecule has 0 saturated heterocycles. The fourth-order valence-electron chi connectivity index (χ4n) is 1.74. The van der Waals surface area contributed by atoms with Gasteiger partial charge in [-0.15, -0.1) is 0 Å². The molecular weight excluding hydrogens is 278 g/mol. The molecule has 0 bridgehead atoms. The molecule has 2 heterocycles. The number of pyridine rings is 1. The number of rotatable bonds is 2. The molecule has 0 aliphatic carbocycles. The minimum atomic E-state index is -3.52. The molecule has 7 heteroatoms. The first-order chi connectivity index (χ1) is 9.09. The van der Waals surface area contributed by atoms with Crippen molar-refractivity contribution in [1.29, 1.82) is 0 Å². The first kappa shape index (κ1) is 14.5. The largest absolute Gasteiger partial charge is 0.358 e. The molecule has 2 aromatic rings. The molecule has 108 valence electrons. The number of H-pyrrole nitrogens is 2. The van der Waals surface area contributed by atoms with Crippen LogP contribution in [-0.2, 0) is 15.3 Å². The lowest BCUT2D eigenvalue weighted by atomic mass is 9.92. The second kappa shape index (κ2) is 4.59. The third-order valence-corrected chi connectivity index (χ3v) is 4.06. The Bertz CT molecular complexity index is 795. The second-order valence-electron chi connectivity index (χ2n) is 5.76. The zero-order chi connectivity index (χ0) is 15.1. The Hall–Kier alpha value is -1.89. The molecule has 0 radical (unpaired) electrons. The number of hydrogen-bond acceptors (Lipinski definition) is 4. The van der Waals surface area contributed by atoms with Gasteiger partial charge in [0.15, 0.2) is 9.84 Å². The second-order valence-corrected chi connectivity index (χ2v) is 7.75. The third kappa shape index (κ3) is 2.82. The standard InChI is InChI=1S/C13H17N3O3S/c1-13(2,3)12-6-9(15-16-12)8-5-10(17)11(7-14-8)20(4,18)19/h5-7H,1-4H3,(H,14,17)(H,15,16). The molecule has 0 atom stereocenters. The molecule has 20 heavy (non-hydrogen) atoms. The normalized spacial score (nSPS) is 12.6. The summed E-state index contributed by atoms with van der Waals surface area (Å²) in [6, 6.07) is 3.09. The number of sulfone groups is 1. The van der Waals surface area contributed by atoms with Gasteiger partial charge in [-0.05, 0) is 6.07 Å². The first-order valence-electron chi connectivity index (χ1n) is 6.08. The van der Waals surface area contributed by atoms with E-state index in [-0.39, 0.29) is 10.3 Å². The van der Waals surface area contributed by atoms with Crippen molar-refractivity contribution in [3.63, 3.8) is 0 Å². The highest BCUT2D eigenvalue weighted by molar-refractivity contribution is 7.90. The molecule has 0 aliphatic rings. The maximum absolute atomic E-state index is 11.8. The molecule has 0 spiro atoms. The summed E-state index contributed by atoms with van der Waals surface area (Å²) in [7, 11) is -3.52. The Kier molecular flexibility index (Phi) is 3.33. The van der Waals surface area contributed by atoms with Gasteiger partial charge in [-0.1, -0.05) is 20.8 Å². The van der Waals surface area contributed by atoms with E-state index in [1.807, 2.05) is 26.8 Å². The van der Waals surface area contributed by atoms with E-state index in [9.17, 15) is 13.2 Å². The lowest BCUT2D eigenvalue weighted by Gasteiger charge is -2.14. The van der Waals surface area contributed by atoms with Crippen LogP contribution in [0, 0.1) is 0 Å². The molecule has 0 saturated carbocycles. The van der Waals surface area contributed by atoms with Crippen LogP contribution in [0.2, 0.25) is 0 Å². The van der Waals surface area contributed by atoms with Gasteiger partial charge in [-0.25, -0.2) is 8.42 Å². The maximum atomic E-state index is 11.8. The van der Waals surface area contributed by atoms with Crippen LogP contribution in [0.1, 0.15) is 26.5 Å². The highest BCUT2D eigenvalue weighted by Gasteiger charge is 2.18. The summed E-state index contributed by atoms with van der Waals surface area (Å²) in [5.74, 6) is 0. The molecule has 0 aromatic carbocycles. The van der Waals surface area contributed by atoms with Crippen molar-refractivity contribution in [2.45, 2.75) is 31.1 Å². The predicted octanol–water partition coefficient (Wildman–Crippen LogP) is 1.47. The molecule has 2 rings (SSSR count). The summed E-state index contributed by atoms with van der Waals surface area (Å²) < 4.78 is 22.8. The molecule has 0 fully saturated rings. The molecule has 0 amide bonds. The van der Waals surface area contributed by atoms with Crippen LogP contribution in [0.3, 0.4) is 0 Å². The monoisotopic (exact) mass is 295 g/mol. The van der Waals surface area contributed by atoms with E-state index in [1.165, 1.54) is 12.3 Å². The minimum Gasteiger partial charge on any atom is -0.358 e. The van der Waals surface area contributed by atoms with Crippen molar-refractivity contribution in [3.8, 4) is 11.4 Å². The van der Waals surface area contributed by atoms with Crippen molar-refractivity contribution in [2.75, 3.05) is 6.26 Å². The van der Waals surface area contributed by atoms with Crippen LogP contribution in [0.4, 0.5) is 0 Å². The summed E-state index contributed by atoms with van der Waals surface area (Å²) in [6.07, 6.45) is 2.21. The van der Waals surface area contributed by atoms with Crippen molar-refractivity contribution in [2.24, 2.45) is 0 Å². The van der Waals surface area contributed by atoms with Crippen LogP contribution < -0.4 is 5.43 Å². The van der Waals surface area contributed by atoms with Crippen LogP contribution in [0.5, 0.6) is 0 Å². The van der Waals surface area contributed by atoms with Gasteiger partial charge in [0, 0.05) is 29.6 Å². The molecule has 0 aliphatic heterocycles. The van der Waals surface area contributed by atoms with Gasteiger partial charge in [0.25, 0.3) is 0 Å². The highest BCUT2D eigenvalue weighted by Crippen LogP contribution is 2.23. The van der Waals surface area contributed by atoms with E-state index >= 15 is 0 Å². The van der Waals surface area contributed by atoms with Crippen LogP contribution in [0.25, 0.3) is 11.4 Å². The van der Waals surface area contributed by atoms with Gasteiger partial charge in [-0.2, -0.15) is 5.10 Å². The Balaban J connectivity index is 2.48. The van der Waals surface area contributed by atoms with Crippen molar-refractivity contribution >= 4 is 9.84 Å². The number of nitrogens with zero attached hydrogens (tertiary/aromatic N) is 1. The van der Waals surface area contributed by atoms with E-state index < -0.39 is 15.3 Å². The van der Waals surface area contributed by atoms with Crippen LogP contribution >= 0.6 is 0 Å². The van der Waals surface area contributed by atoms with Crippen LogP contribution in [0.15, 0.2) is 28.0 Å². The fraction of sp³-hybridized carbons (Fsp3) is 0.385. The molecule has 2 N–H and O–H groups in total. The van der Waals surface area contributed by atoms with Gasteiger partial charge < -0.3 is 4.98 Å². The van der Waals surface area contributed by atoms with Crippen molar-refractivity contribution in [1.82, 2.24) is 15.2 Å².